The molecule has 1 aliphatic rings. The van der Waals surface area contributed by atoms with Crippen LogP contribution in [0, 0.1) is 0 Å². The van der Waals surface area contributed by atoms with Crippen LogP contribution in [0.25, 0.3) is 31.3 Å². The Morgan fingerprint density at radius 1 is 0.519 bits per heavy atom. The highest BCUT2D eigenvalue weighted by Crippen LogP contribution is 2.48. The lowest BCUT2D eigenvalue weighted by atomic mass is 10.1. The minimum Gasteiger partial charge on any atom is -0.0616 e. The largest absolute Gasteiger partial charge is 0.212 e. The number of hydrogen-bond donors (Lipinski definition) is 0. The van der Waals surface area contributed by atoms with Gasteiger partial charge >= 0.3 is 0 Å². The zero-order valence-electron chi connectivity index (χ0n) is 14.5. The molecule has 128 valence electrons. The zero-order valence-corrected chi connectivity index (χ0v) is 16.1. The molecule has 0 N–H and O–H groups in total. The van der Waals surface area contributed by atoms with Crippen LogP contribution < -0.4 is 0 Å². The molecule has 2 heterocycles. The van der Waals surface area contributed by atoms with Crippen molar-refractivity contribution in [3.05, 3.63) is 97.1 Å². The number of thiophene rings is 1. The van der Waals surface area contributed by atoms with E-state index >= 15 is 0 Å². The average Bonchev–Trinajstić information content (AvgIpc) is 3.23. The summed E-state index contributed by atoms with van der Waals surface area (Å²) >= 11 is 0. The first-order valence-corrected chi connectivity index (χ1v) is 11.4. The van der Waals surface area contributed by atoms with E-state index in [1.807, 2.05) is 0 Å². The molecule has 27 heavy (non-hydrogen) atoms. The van der Waals surface area contributed by atoms with Crippen molar-refractivity contribution in [3.63, 3.8) is 0 Å². The Balaban J connectivity index is 1.73. The molecule has 0 amide bonds. The smallest absolute Gasteiger partial charge is 0.0616 e. The fourth-order valence-corrected chi connectivity index (χ4v) is 8.63. The fourth-order valence-electron chi connectivity index (χ4n) is 3.90. The van der Waals surface area contributed by atoms with Gasteiger partial charge in [-0.1, -0.05) is 60.7 Å². The molecular weight excluding hydrogens is 366 g/mol. The summed E-state index contributed by atoms with van der Waals surface area (Å²) in [6, 6.07) is 35.0. The average molecular weight is 383 g/mol. The maximum atomic E-state index is 5.50. The van der Waals surface area contributed by atoms with Gasteiger partial charge in [0, 0.05) is 47.2 Å². The van der Waals surface area contributed by atoms with E-state index < -0.39 is 0 Å². The molecule has 0 atom stereocenters. The topological polar surface area (TPSA) is 12.4 Å². The highest BCUT2D eigenvalue weighted by molar-refractivity contribution is 7.90. The minimum atomic E-state index is -0.244. The van der Waals surface area contributed by atoms with Gasteiger partial charge in [0.05, 0.1) is 0 Å². The summed E-state index contributed by atoms with van der Waals surface area (Å²) < 4.78 is 8.21. The van der Waals surface area contributed by atoms with E-state index in [4.69, 9.17) is 3.77 Å². The molecule has 4 aromatic carbocycles. The van der Waals surface area contributed by atoms with Crippen molar-refractivity contribution in [3.8, 4) is 11.1 Å². The molecule has 5 aromatic rings. The van der Waals surface area contributed by atoms with Gasteiger partial charge in [0.1, 0.15) is 10.7 Å². The van der Waals surface area contributed by atoms with E-state index in [-0.39, 0.29) is 21.3 Å². The second-order valence-electron chi connectivity index (χ2n) is 6.63. The Kier molecular flexibility index (Phi) is 3.34. The second-order valence-corrected chi connectivity index (χ2v) is 10.1. The summed E-state index contributed by atoms with van der Waals surface area (Å²) in [6.07, 6.45) is 0. The van der Waals surface area contributed by atoms with Crippen molar-refractivity contribution in [2.75, 3.05) is 0 Å². The molecule has 0 saturated heterocycles. The van der Waals surface area contributed by atoms with Crippen molar-refractivity contribution in [1.29, 1.82) is 0 Å². The summed E-state index contributed by atoms with van der Waals surface area (Å²) in [5.74, 6) is 0. The number of rotatable bonds is 1. The van der Waals surface area contributed by atoms with Crippen molar-refractivity contribution in [2.45, 2.75) is 9.79 Å². The third-order valence-corrected chi connectivity index (χ3v) is 9.39. The minimum absolute atomic E-state index is 0.244. The summed E-state index contributed by atoms with van der Waals surface area (Å²) in [6.45, 7) is 0. The van der Waals surface area contributed by atoms with E-state index in [1.165, 1.54) is 41.1 Å². The number of fused-ring (bicyclic) bond motifs is 6. The van der Waals surface area contributed by atoms with Crippen molar-refractivity contribution < 1.29 is 0 Å². The quantitative estimate of drug-likeness (QED) is 0.263. The number of nitrogens with zero attached hydrogens (tertiary/aromatic N) is 1. The zero-order chi connectivity index (χ0) is 17.8. The fraction of sp³-hybridized carbons (Fsp3) is 0. The molecule has 1 aromatic heterocycles. The van der Waals surface area contributed by atoms with Crippen LogP contribution in [0.15, 0.2) is 111 Å². The monoisotopic (exact) mass is 382 g/mol. The molecule has 0 unspecified atom stereocenters. The molecule has 1 nitrogen and oxygen atoms in total. The predicted octanol–water partition coefficient (Wildman–Crippen LogP) is 7.41. The molecule has 0 fully saturated rings. The van der Waals surface area contributed by atoms with Crippen molar-refractivity contribution in [2.24, 2.45) is 3.77 Å². The molecule has 0 aliphatic carbocycles. The van der Waals surface area contributed by atoms with Gasteiger partial charge in [-0.15, -0.1) is 0 Å². The standard InChI is InChI=1S/C24H16NS2/c1-5-13-21-17(9-1)18-10-2-6-14-22(18)26(21)25-27-23-15-7-3-11-19(23)20-12-4-8-16-24(20)27/h1-16H/q+1. The lowest BCUT2D eigenvalue weighted by molar-refractivity contribution is 1.45. The maximum Gasteiger partial charge on any atom is 0.212 e. The Hall–Kier alpha value is -2.75. The second kappa shape index (κ2) is 5.88. The van der Waals surface area contributed by atoms with Crippen LogP contribution in [0.4, 0.5) is 0 Å². The van der Waals surface area contributed by atoms with Gasteiger partial charge in [-0.3, -0.25) is 0 Å². The maximum absolute atomic E-state index is 5.50. The molecule has 0 saturated carbocycles. The molecule has 0 bridgehead atoms. The van der Waals surface area contributed by atoms with Crippen LogP contribution in [0.3, 0.4) is 0 Å². The van der Waals surface area contributed by atoms with E-state index in [2.05, 4.69) is 97.1 Å². The first kappa shape index (κ1) is 15.3. The van der Waals surface area contributed by atoms with Crippen molar-refractivity contribution in [1.82, 2.24) is 0 Å². The first-order chi connectivity index (χ1) is 13.4. The van der Waals surface area contributed by atoms with Crippen LogP contribution in [-0.4, -0.2) is 0 Å². The molecule has 0 radical (unpaired) electrons. The molecular formula is C24H16NS2+. The van der Waals surface area contributed by atoms with Gasteiger partial charge < -0.3 is 0 Å². The van der Waals surface area contributed by atoms with E-state index in [0.29, 0.717) is 0 Å². The van der Waals surface area contributed by atoms with E-state index in [1.54, 1.807) is 0 Å². The molecule has 3 heteroatoms. The first-order valence-electron chi connectivity index (χ1n) is 8.99. The summed E-state index contributed by atoms with van der Waals surface area (Å²) in [5.41, 5.74) is 2.68. The molecule has 1 aliphatic heterocycles. The van der Waals surface area contributed by atoms with Gasteiger partial charge in [0.15, 0.2) is 0 Å². The van der Waals surface area contributed by atoms with Crippen LogP contribution in [-0.2, 0) is 10.7 Å². The van der Waals surface area contributed by atoms with Gasteiger partial charge in [-0.2, -0.15) is 0 Å². The number of benzene rings is 4. The van der Waals surface area contributed by atoms with Crippen LogP contribution in [0.1, 0.15) is 0 Å². The summed E-state index contributed by atoms with van der Waals surface area (Å²) in [7, 11) is -0.488. The lowest BCUT2D eigenvalue weighted by Gasteiger charge is -1.98. The Bertz CT molecular complexity index is 1280. The van der Waals surface area contributed by atoms with E-state index in [0.717, 1.165) is 0 Å². The third-order valence-electron chi connectivity index (χ3n) is 5.11. The van der Waals surface area contributed by atoms with Gasteiger partial charge in [-0.25, -0.2) is 0 Å². The SMILES string of the molecule is c1ccc2c(c1)-c1ccccc1S2=N[s+]1c2ccccc2c2ccccc21. The Morgan fingerprint density at radius 2 is 0.963 bits per heavy atom. The van der Waals surface area contributed by atoms with E-state index in [9.17, 15) is 0 Å². The van der Waals surface area contributed by atoms with Crippen molar-refractivity contribution >= 4 is 41.5 Å². The van der Waals surface area contributed by atoms with Crippen LogP contribution >= 0.6 is 10.7 Å². The highest BCUT2D eigenvalue weighted by atomic mass is 32.2. The van der Waals surface area contributed by atoms with Gasteiger partial charge in [0.25, 0.3) is 0 Å². The Labute approximate surface area is 163 Å². The summed E-state index contributed by atoms with van der Waals surface area (Å²) in [5, 5.41) is 2.68. The van der Waals surface area contributed by atoms with Crippen LogP contribution in [0.5, 0.6) is 0 Å². The lowest BCUT2D eigenvalue weighted by Crippen LogP contribution is -1.85. The molecule has 6 rings (SSSR count). The van der Waals surface area contributed by atoms with Crippen LogP contribution in [0.2, 0.25) is 0 Å². The van der Waals surface area contributed by atoms with Gasteiger partial charge in [0.2, 0.25) is 9.40 Å². The highest BCUT2D eigenvalue weighted by Gasteiger charge is 2.28. The van der Waals surface area contributed by atoms with Gasteiger partial charge in [-0.05, 0) is 35.4 Å². The molecule has 0 spiro atoms. The summed E-state index contributed by atoms with van der Waals surface area (Å²) in [4.78, 5) is 2.71. The normalized spacial score (nSPS) is 13.0. The third kappa shape index (κ3) is 2.19. The Morgan fingerprint density at radius 3 is 1.52 bits per heavy atom. The number of hydrogen-bond acceptors (Lipinski definition) is 1. The predicted molar refractivity (Wildman–Crippen MR) is 118 cm³/mol.